The fourth-order valence-corrected chi connectivity index (χ4v) is 3.41. The van der Waals surface area contributed by atoms with Gasteiger partial charge in [0.15, 0.2) is 11.5 Å². The van der Waals surface area contributed by atoms with Crippen LogP contribution in [0.4, 0.5) is 23.4 Å². The van der Waals surface area contributed by atoms with Gasteiger partial charge in [-0.2, -0.15) is 18.3 Å². The van der Waals surface area contributed by atoms with E-state index in [0.29, 0.717) is 11.3 Å². The zero-order chi connectivity index (χ0) is 27.3. The molecule has 3 heterocycles. The molecule has 0 unspecified atom stereocenters. The molecule has 3 aromatic heterocycles. The Kier molecular flexibility index (Phi) is 8.84. The standard InChI is InChI=1S/C14H11ClF3N7O.C7H3Cl2FO/c1-25-12(23-15)10-9(24-25)11(22-6-21-10)13(26)20-5-7-2-3-19-8(4-7)14(16,17)18;8-5-3-4(7(9)11)1-2-6(5)10/h2-4,6,23H,5H2,1H3,(H,20,26);1-3H. The molecule has 0 saturated heterocycles. The van der Waals surface area contributed by atoms with Crippen LogP contribution in [0.15, 0.2) is 42.9 Å². The number of nitrogens with zero attached hydrogens (tertiary/aromatic N) is 5. The normalized spacial score (nSPS) is 11.0. The molecule has 1 aromatic carbocycles. The first-order valence-electron chi connectivity index (χ1n) is 9.92. The van der Waals surface area contributed by atoms with E-state index < -0.39 is 28.8 Å². The van der Waals surface area contributed by atoms with Gasteiger partial charge in [0.2, 0.25) is 0 Å². The maximum Gasteiger partial charge on any atom is 0.433 e. The predicted molar refractivity (Wildman–Crippen MR) is 128 cm³/mol. The van der Waals surface area contributed by atoms with Gasteiger partial charge in [-0.15, -0.1) is 0 Å². The third kappa shape index (κ3) is 6.81. The number of hydrogen-bond donors (Lipinski definition) is 2. The summed E-state index contributed by atoms with van der Waals surface area (Å²) in [6.07, 6.45) is -2.35. The van der Waals surface area contributed by atoms with E-state index in [2.05, 4.69) is 30.2 Å². The molecule has 194 valence electrons. The summed E-state index contributed by atoms with van der Waals surface area (Å²) in [5.74, 6) is -0.794. The number of pyridine rings is 1. The van der Waals surface area contributed by atoms with Crippen molar-refractivity contribution < 1.29 is 27.2 Å². The lowest BCUT2D eigenvalue weighted by molar-refractivity contribution is -0.141. The highest BCUT2D eigenvalue weighted by atomic mass is 35.5. The van der Waals surface area contributed by atoms with E-state index in [1.807, 2.05) is 0 Å². The first kappa shape index (κ1) is 28.0. The summed E-state index contributed by atoms with van der Waals surface area (Å²) >= 11 is 16.1. The molecular weight excluding hydrogens is 565 g/mol. The SMILES string of the molecule is Cn1nc2c(C(=O)NCc3ccnc(C(F)(F)F)c3)ncnc2c1NCl.O=C(Cl)c1ccc(F)c(Cl)c1. The third-order valence-electron chi connectivity index (χ3n) is 4.64. The average Bonchev–Trinajstić information content (AvgIpc) is 3.19. The minimum atomic E-state index is -4.56. The van der Waals surface area contributed by atoms with Crippen molar-refractivity contribution >= 4 is 63.0 Å². The number of hydrogen-bond acceptors (Lipinski definition) is 7. The second-order valence-electron chi connectivity index (χ2n) is 7.12. The number of carbonyl (C=O) groups excluding carboxylic acids is 2. The van der Waals surface area contributed by atoms with Crippen LogP contribution in [0.1, 0.15) is 32.1 Å². The molecule has 0 aliphatic rings. The fourth-order valence-electron chi connectivity index (χ4n) is 2.90. The van der Waals surface area contributed by atoms with Crippen LogP contribution in [0.3, 0.4) is 0 Å². The van der Waals surface area contributed by atoms with E-state index in [1.165, 1.54) is 29.2 Å². The second kappa shape index (κ2) is 11.7. The van der Waals surface area contributed by atoms with Crippen LogP contribution in [-0.2, 0) is 19.8 Å². The van der Waals surface area contributed by atoms with Gasteiger partial charge >= 0.3 is 6.18 Å². The molecule has 2 N–H and O–H groups in total. The van der Waals surface area contributed by atoms with E-state index >= 15 is 0 Å². The molecule has 0 spiro atoms. The number of amides is 1. The number of carbonyl (C=O) groups is 2. The van der Waals surface area contributed by atoms with Gasteiger partial charge in [0, 0.05) is 37.1 Å². The lowest BCUT2D eigenvalue weighted by atomic mass is 10.2. The second-order valence-corrected chi connectivity index (χ2v) is 8.06. The number of anilines is 1. The Morgan fingerprint density at radius 2 is 1.81 bits per heavy atom. The first-order valence-corrected chi connectivity index (χ1v) is 11.0. The number of rotatable bonds is 5. The van der Waals surface area contributed by atoms with E-state index in [9.17, 15) is 27.2 Å². The van der Waals surface area contributed by atoms with Gasteiger partial charge in [-0.25, -0.2) is 19.0 Å². The lowest BCUT2D eigenvalue weighted by Crippen LogP contribution is -2.24. The minimum Gasteiger partial charge on any atom is -0.347 e. The number of nitrogens with one attached hydrogen (secondary N) is 2. The molecule has 0 aliphatic carbocycles. The molecule has 0 aliphatic heterocycles. The molecule has 4 aromatic rings. The highest BCUT2D eigenvalue weighted by Crippen LogP contribution is 2.28. The summed E-state index contributed by atoms with van der Waals surface area (Å²) in [4.78, 5) is 36.5. The molecule has 1 amide bonds. The smallest absolute Gasteiger partial charge is 0.347 e. The van der Waals surface area contributed by atoms with Crippen LogP contribution < -0.4 is 10.2 Å². The van der Waals surface area contributed by atoms with Gasteiger partial charge in [-0.1, -0.05) is 11.6 Å². The van der Waals surface area contributed by atoms with Crippen molar-refractivity contribution in [2.75, 3.05) is 4.84 Å². The van der Waals surface area contributed by atoms with Gasteiger partial charge < -0.3 is 5.32 Å². The molecule has 0 atom stereocenters. The highest BCUT2D eigenvalue weighted by molar-refractivity contribution is 6.67. The van der Waals surface area contributed by atoms with Gasteiger partial charge in [0.1, 0.15) is 28.9 Å². The van der Waals surface area contributed by atoms with Crippen LogP contribution in [0.25, 0.3) is 11.0 Å². The fraction of sp³-hybridized carbons (Fsp3) is 0.143. The quantitative estimate of drug-likeness (QED) is 0.192. The van der Waals surface area contributed by atoms with Gasteiger partial charge in [-0.05, 0) is 47.5 Å². The summed E-state index contributed by atoms with van der Waals surface area (Å²) in [5.41, 5.74) is -0.0643. The topological polar surface area (TPSA) is 115 Å². The molecule has 0 radical (unpaired) electrons. The van der Waals surface area contributed by atoms with E-state index in [0.717, 1.165) is 18.3 Å². The molecule has 0 bridgehead atoms. The Bertz CT molecular complexity index is 1460. The van der Waals surface area contributed by atoms with Crippen LogP contribution in [-0.4, -0.2) is 35.9 Å². The van der Waals surface area contributed by atoms with Crippen LogP contribution in [0.5, 0.6) is 0 Å². The number of halogens is 7. The number of benzene rings is 1. The Morgan fingerprint density at radius 1 is 1.08 bits per heavy atom. The van der Waals surface area contributed by atoms with Crippen molar-refractivity contribution in [2.45, 2.75) is 12.7 Å². The minimum absolute atomic E-state index is 0.0196. The van der Waals surface area contributed by atoms with Crippen molar-refractivity contribution in [3.05, 3.63) is 76.2 Å². The van der Waals surface area contributed by atoms with E-state index in [-0.39, 0.29) is 33.9 Å². The summed E-state index contributed by atoms with van der Waals surface area (Å²) in [7, 11) is 1.60. The Hall–Kier alpha value is -3.55. The first-order chi connectivity index (χ1) is 17.4. The molecular formula is C21H14Cl3F4N7O2. The summed E-state index contributed by atoms with van der Waals surface area (Å²) < 4.78 is 51.9. The molecule has 0 fully saturated rings. The van der Waals surface area contributed by atoms with Crippen LogP contribution in [0, 0.1) is 5.82 Å². The van der Waals surface area contributed by atoms with Gasteiger partial charge in [-0.3, -0.25) is 19.4 Å². The Morgan fingerprint density at radius 3 is 2.43 bits per heavy atom. The van der Waals surface area contributed by atoms with Crippen molar-refractivity contribution in [2.24, 2.45) is 7.05 Å². The van der Waals surface area contributed by atoms with Crippen molar-refractivity contribution in [3.63, 3.8) is 0 Å². The summed E-state index contributed by atoms with van der Waals surface area (Å²) in [6.45, 7) is -0.136. The maximum atomic E-state index is 12.7. The zero-order valence-corrected chi connectivity index (χ0v) is 20.7. The average molecular weight is 579 g/mol. The molecule has 16 heteroatoms. The monoisotopic (exact) mass is 577 g/mol. The van der Waals surface area contributed by atoms with Crippen LogP contribution >= 0.6 is 35.0 Å². The molecule has 37 heavy (non-hydrogen) atoms. The van der Waals surface area contributed by atoms with Gasteiger partial charge in [0.25, 0.3) is 11.1 Å². The predicted octanol–water partition coefficient (Wildman–Crippen LogP) is 5.13. The van der Waals surface area contributed by atoms with Crippen molar-refractivity contribution in [3.8, 4) is 0 Å². The van der Waals surface area contributed by atoms with Crippen molar-refractivity contribution in [1.82, 2.24) is 30.0 Å². The van der Waals surface area contributed by atoms with E-state index in [1.54, 1.807) is 7.05 Å². The number of aryl methyl sites for hydroxylation is 1. The Balaban J connectivity index is 0.000000289. The number of alkyl halides is 3. The molecule has 9 nitrogen and oxygen atoms in total. The highest BCUT2D eigenvalue weighted by Gasteiger charge is 2.32. The zero-order valence-electron chi connectivity index (χ0n) is 18.4. The summed E-state index contributed by atoms with van der Waals surface area (Å²) in [5, 5.41) is 5.89. The largest absolute Gasteiger partial charge is 0.433 e. The molecule has 4 rings (SSSR count). The van der Waals surface area contributed by atoms with Crippen LogP contribution in [0.2, 0.25) is 5.02 Å². The third-order valence-corrected chi connectivity index (χ3v) is 5.33. The maximum absolute atomic E-state index is 12.7. The number of fused-ring (bicyclic) bond motifs is 1. The summed E-state index contributed by atoms with van der Waals surface area (Å²) in [6, 6.07) is 5.80. The van der Waals surface area contributed by atoms with E-state index in [4.69, 9.17) is 35.0 Å². The lowest BCUT2D eigenvalue weighted by Gasteiger charge is -2.08. The van der Waals surface area contributed by atoms with Gasteiger partial charge in [0.05, 0.1) is 5.02 Å². The van der Waals surface area contributed by atoms with Crippen molar-refractivity contribution in [1.29, 1.82) is 0 Å². The molecule has 0 saturated carbocycles. The number of aromatic nitrogens is 5. The Labute approximate surface area is 220 Å².